The van der Waals surface area contributed by atoms with E-state index in [0.29, 0.717) is 26.1 Å². The van der Waals surface area contributed by atoms with Crippen LogP contribution >= 0.6 is 0 Å². The Morgan fingerprint density at radius 2 is 1.63 bits per heavy atom. The molecular formula is C38H73N3O13. The number of cyclic esters (lactones) is 1. The molecule has 0 aromatic heterocycles. The summed E-state index contributed by atoms with van der Waals surface area (Å²) in [5.74, 6) is -2.95. The fraction of sp³-hybridized carbons (Fsp3) is 0.974. The highest BCUT2D eigenvalue weighted by atomic mass is 16.7. The van der Waals surface area contributed by atoms with Crippen LogP contribution in [0.5, 0.6) is 0 Å². The van der Waals surface area contributed by atoms with Crippen molar-refractivity contribution in [2.45, 2.75) is 159 Å². The van der Waals surface area contributed by atoms with E-state index in [9.17, 15) is 30.3 Å². The van der Waals surface area contributed by atoms with Gasteiger partial charge in [0, 0.05) is 58.3 Å². The Labute approximate surface area is 322 Å². The molecule has 3 aliphatic rings. The number of nitrogens with zero attached hydrogens (tertiary/aromatic N) is 1. The molecule has 7 N–H and O–H groups in total. The number of hydrogen-bond donors (Lipinski definition) is 7. The lowest BCUT2D eigenvalue weighted by Gasteiger charge is -2.49. The molecule has 0 radical (unpaired) electrons. The van der Waals surface area contributed by atoms with Crippen molar-refractivity contribution < 1.29 is 63.5 Å². The second-order valence-electron chi connectivity index (χ2n) is 17.0. The molecule has 318 valence electrons. The van der Waals surface area contributed by atoms with Crippen LogP contribution in [-0.2, 0) is 38.0 Å². The number of hydrogen-bond acceptors (Lipinski definition) is 16. The smallest absolute Gasteiger partial charge is 0.311 e. The number of methoxy groups -OCH3 is 2. The van der Waals surface area contributed by atoms with Gasteiger partial charge in [-0.2, -0.15) is 0 Å². The van der Waals surface area contributed by atoms with Crippen LogP contribution in [0.15, 0.2) is 0 Å². The Morgan fingerprint density at radius 3 is 2.24 bits per heavy atom. The molecule has 54 heavy (non-hydrogen) atoms. The van der Waals surface area contributed by atoms with Gasteiger partial charge in [-0.15, -0.1) is 0 Å². The lowest BCUT2D eigenvalue weighted by atomic mass is 9.78. The summed E-state index contributed by atoms with van der Waals surface area (Å²) in [7, 11) is 6.85. The maximum Gasteiger partial charge on any atom is 0.311 e. The van der Waals surface area contributed by atoms with Crippen molar-refractivity contribution in [1.29, 1.82) is 0 Å². The first-order valence-corrected chi connectivity index (χ1v) is 19.5. The molecular weight excluding hydrogens is 706 g/mol. The molecule has 0 spiro atoms. The van der Waals surface area contributed by atoms with Gasteiger partial charge in [0.2, 0.25) is 0 Å². The summed E-state index contributed by atoms with van der Waals surface area (Å²) in [5, 5.41) is 64.5. The molecule has 0 aromatic rings. The predicted octanol–water partition coefficient (Wildman–Crippen LogP) is -0.00400. The summed E-state index contributed by atoms with van der Waals surface area (Å²) >= 11 is 0. The second-order valence-corrected chi connectivity index (χ2v) is 17.0. The zero-order chi connectivity index (χ0) is 40.8. The fourth-order valence-electron chi connectivity index (χ4n) is 8.32. The number of likely N-dealkylation sites (N-methyl/N-ethyl adjacent to an activating group) is 1. The van der Waals surface area contributed by atoms with Crippen LogP contribution in [0, 0.1) is 17.8 Å². The number of carbonyl (C=O) groups excluding carboxylic acids is 1. The van der Waals surface area contributed by atoms with Gasteiger partial charge in [0.25, 0.3) is 0 Å². The highest BCUT2D eigenvalue weighted by Gasteiger charge is 2.53. The first-order chi connectivity index (χ1) is 25.1. The van der Waals surface area contributed by atoms with Gasteiger partial charge in [0.15, 0.2) is 12.6 Å². The molecule has 3 fully saturated rings. The molecule has 0 amide bonds. The summed E-state index contributed by atoms with van der Waals surface area (Å²) in [6, 6.07) is -0.585. The summed E-state index contributed by atoms with van der Waals surface area (Å²) < 4.78 is 42.5. The van der Waals surface area contributed by atoms with Crippen molar-refractivity contribution in [1.82, 2.24) is 15.5 Å². The second kappa shape index (κ2) is 20.1. The molecule has 0 aromatic carbocycles. The van der Waals surface area contributed by atoms with E-state index in [1.807, 2.05) is 32.8 Å². The average Bonchev–Trinajstić information content (AvgIpc) is 3.10. The quantitative estimate of drug-likeness (QED) is 0.109. The predicted molar refractivity (Wildman–Crippen MR) is 199 cm³/mol. The Kier molecular flexibility index (Phi) is 17.6. The molecule has 16 nitrogen and oxygen atoms in total. The van der Waals surface area contributed by atoms with Crippen molar-refractivity contribution in [3.05, 3.63) is 0 Å². The first-order valence-electron chi connectivity index (χ1n) is 19.5. The van der Waals surface area contributed by atoms with Gasteiger partial charge in [-0.25, -0.2) is 0 Å². The minimum absolute atomic E-state index is 0.0996. The van der Waals surface area contributed by atoms with Gasteiger partial charge >= 0.3 is 5.97 Å². The van der Waals surface area contributed by atoms with Crippen LogP contribution in [0.1, 0.15) is 74.7 Å². The Bertz CT molecular complexity index is 1150. The third kappa shape index (κ3) is 11.7. The van der Waals surface area contributed by atoms with Crippen molar-refractivity contribution in [2.75, 3.05) is 61.2 Å². The monoisotopic (exact) mass is 780 g/mol. The van der Waals surface area contributed by atoms with Crippen LogP contribution in [0.25, 0.3) is 0 Å². The minimum Gasteiger partial charge on any atom is -0.462 e. The highest BCUT2D eigenvalue weighted by Crippen LogP contribution is 2.39. The molecule has 0 bridgehead atoms. The Balaban J connectivity index is 2.06. The summed E-state index contributed by atoms with van der Waals surface area (Å²) in [6.45, 7) is 14.7. The van der Waals surface area contributed by atoms with Crippen molar-refractivity contribution in [3.63, 3.8) is 0 Å². The lowest BCUT2D eigenvalue weighted by molar-refractivity contribution is -0.319. The van der Waals surface area contributed by atoms with Gasteiger partial charge in [0.05, 0.1) is 54.7 Å². The van der Waals surface area contributed by atoms with E-state index in [4.69, 9.17) is 33.2 Å². The largest absolute Gasteiger partial charge is 0.462 e. The molecule has 3 aliphatic heterocycles. The van der Waals surface area contributed by atoms with Crippen LogP contribution in [-0.4, -0.2) is 182 Å². The minimum atomic E-state index is -1.76. The summed E-state index contributed by atoms with van der Waals surface area (Å²) in [4.78, 5) is 15.8. The molecule has 3 saturated heterocycles. The fourth-order valence-corrected chi connectivity index (χ4v) is 8.32. The van der Waals surface area contributed by atoms with Crippen LogP contribution in [0.3, 0.4) is 0 Å². The third-order valence-electron chi connectivity index (χ3n) is 11.7. The normalized spacial score (nSPS) is 46.4. The molecule has 0 saturated carbocycles. The number of esters is 1. The van der Waals surface area contributed by atoms with Gasteiger partial charge < -0.3 is 74.2 Å². The van der Waals surface area contributed by atoms with E-state index in [1.54, 1.807) is 41.7 Å². The Morgan fingerprint density at radius 1 is 0.963 bits per heavy atom. The maximum absolute atomic E-state index is 13.9. The average molecular weight is 780 g/mol. The molecule has 3 heterocycles. The Hall–Kier alpha value is -1.09. The number of carbonyl (C=O) groups is 1. The number of rotatable bonds is 11. The van der Waals surface area contributed by atoms with E-state index in [1.165, 1.54) is 14.0 Å². The van der Waals surface area contributed by atoms with E-state index in [-0.39, 0.29) is 37.6 Å². The topological polar surface area (TPSA) is 210 Å². The number of ether oxygens (including phenoxy) is 7. The van der Waals surface area contributed by atoms with E-state index < -0.39 is 96.3 Å². The van der Waals surface area contributed by atoms with E-state index >= 15 is 0 Å². The standard InChI is InChI=1S/C38H73N3O13/c1-21-18-40-22(2)17-36(7,45)33(54-35-30(42)27(41(9)10)15-23(3)51-35)24(4)31(25(5)34(44)50-20-37(8,46)32(21)43)53-29-16-28(49-12)38(47,26(6)52-29)19-39-13-14-48-11/h21-33,35,39-40,42-43,45-47H,13-20H2,1-12H3/t21-,22-,23-,24-,25-,26+,27+,28-,29+,30-,31-,32+,33-,35+,36-,37-,38+/m1/s1. The molecule has 17 atom stereocenters. The summed E-state index contributed by atoms with van der Waals surface area (Å²) in [6.07, 6.45) is -7.44. The zero-order valence-electron chi connectivity index (χ0n) is 34.7. The number of nitrogens with one attached hydrogen (secondary N) is 2. The molecule has 0 aliphatic carbocycles. The van der Waals surface area contributed by atoms with Crippen LogP contribution < -0.4 is 10.6 Å². The lowest BCUT2D eigenvalue weighted by Crippen LogP contribution is -2.64. The highest BCUT2D eigenvalue weighted by molar-refractivity contribution is 5.72. The maximum atomic E-state index is 13.9. The van der Waals surface area contributed by atoms with E-state index in [2.05, 4.69) is 10.6 Å². The molecule has 3 rings (SSSR count). The van der Waals surface area contributed by atoms with Crippen LogP contribution in [0.2, 0.25) is 0 Å². The van der Waals surface area contributed by atoms with Crippen molar-refractivity contribution >= 4 is 5.97 Å². The van der Waals surface area contributed by atoms with Gasteiger partial charge in [-0.1, -0.05) is 13.8 Å². The number of aliphatic hydroxyl groups excluding tert-OH is 2. The third-order valence-corrected chi connectivity index (χ3v) is 11.7. The zero-order valence-corrected chi connectivity index (χ0v) is 34.7. The van der Waals surface area contributed by atoms with E-state index in [0.717, 1.165) is 0 Å². The van der Waals surface area contributed by atoms with Crippen LogP contribution in [0.4, 0.5) is 0 Å². The molecule has 0 unspecified atom stereocenters. The van der Waals surface area contributed by atoms with Crippen molar-refractivity contribution in [3.8, 4) is 0 Å². The van der Waals surface area contributed by atoms with Crippen molar-refractivity contribution in [2.24, 2.45) is 17.8 Å². The van der Waals surface area contributed by atoms with Gasteiger partial charge in [-0.05, 0) is 74.4 Å². The number of aliphatic hydroxyl groups is 5. The molecule has 16 heteroatoms. The first kappa shape index (κ1) is 47.3. The van der Waals surface area contributed by atoms with Gasteiger partial charge in [-0.3, -0.25) is 4.79 Å². The summed E-state index contributed by atoms with van der Waals surface area (Å²) in [5.41, 5.74) is -4.77. The SMILES string of the molecule is COCCNC[C@]1(O)[C@H](C)O[C@@H](O[C@@H]2[C@@H](C)[C@@H](O[C@@H]3O[C@H](C)C[C@H](N(C)C)[C@H]3O)[C@](C)(O)C[C@@H](C)NC[C@@H](C)[C@H](O)[C@](C)(O)COC(=O)[C@@H]2C)C[C@H]1OC. The van der Waals surface area contributed by atoms with Gasteiger partial charge in [0.1, 0.15) is 23.9 Å².